The second-order valence-corrected chi connectivity index (χ2v) is 4.30. The van der Waals surface area contributed by atoms with E-state index in [9.17, 15) is 4.39 Å². The van der Waals surface area contributed by atoms with E-state index in [0.29, 0.717) is 0 Å². The zero-order valence-electron chi connectivity index (χ0n) is 9.00. The van der Waals surface area contributed by atoms with E-state index in [-0.39, 0.29) is 11.9 Å². The highest BCUT2D eigenvalue weighted by molar-refractivity contribution is 5.81. The van der Waals surface area contributed by atoms with Gasteiger partial charge in [0.2, 0.25) is 0 Å². The van der Waals surface area contributed by atoms with Crippen LogP contribution in [0.3, 0.4) is 0 Å². The van der Waals surface area contributed by atoms with E-state index in [0.717, 1.165) is 35.9 Å². The van der Waals surface area contributed by atoms with Crippen LogP contribution in [0.1, 0.15) is 30.9 Å². The quantitative estimate of drug-likeness (QED) is 0.795. The lowest BCUT2D eigenvalue weighted by Gasteiger charge is -2.24. The number of furan rings is 1. The summed E-state index contributed by atoms with van der Waals surface area (Å²) in [6, 6.07) is 5.17. The molecule has 1 saturated heterocycles. The van der Waals surface area contributed by atoms with Crippen LogP contribution in [0.2, 0.25) is 0 Å². The van der Waals surface area contributed by atoms with Crippen molar-refractivity contribution >= 4 is 11.0 Å². The first-order valence-corrected chi connectivity index (χ1v) is 5.75. The summed E-state index contributed by atoms with van der Waals surface area (Å²) in [6.07, 6.45) is 4.96. The normalized spacial score (nSPS) is 21.4. The van der Waals surface area contributed by atoms with Crippen molar-refractivity contribution in [1.29, 1.82) is 0 Å². The van der Waals surface area contributed by atoms with E-state index in [1.165, 1.54) is 12.5 Å². The minimum absolute atomic E-state index is 0.131. The minimum Gasteiger partial charge on any atom is -0.464 e. The van der Waals surface area contributed by atoms with Crippen LogP contribution in [-0.4, -0.2) is 6.54 Å². The molecule has 1 aliphatic rings. The monoisotopic (exact) mass is 219 g/mol. The molecule has 1 fully saturated rings. The van der Waals surface area contributed by atoms with Gasteiger partial charge in [0.15, 0.2) is 0 Å². The van der Waals surface area contributed by atoms with E-state index in [1.54, 1.807) is 12.3 Å². The third kappa shape index (κ3) is 1.52. The number of piperidine rings is 1. The van der Waals surface area contributed by atoms with Gasteiger partial charge in [-0.2, -0.15) is 0 Å². The molecular formula is C13H14FNO. The Morgan fingerprint density at radius 3 is 3.00 bits per heavy atom. The van der Waals surface area contributed by atoms with E-state index < -0.39 is 0 Å². The Hall–Kier alpha value is -1.35. The first kappa shape index (κ1) is 9.85. The molecule has 1 atom stereocenters. The lowest BCUT2D eigenvalue weighted by molar-refractivity contribution is 0.402. The largest absolute Gasteiger partial charge is 0.464 e. The van der Waals surface area contributed by atoms with Crippen LogP contribution in [0, 0.1) is 5.82 Å². The van der Waals surface area contributed by atoms with Crippen molar-refractivity contribution in [3.8, 4) is 0 Å². The molecule has 16 heavy (non-hydrogen) atoms. The summed E-state index contributed by atoms with van der Waals surface area (Å²) < 4.78 is 19.2. The van der Waals surface area contributed by atoms with Crippen LogP contribution < -0.4 is 5.32 Å². The third-order valence-electron chi connectivity index (χ3n) is 3.28. The number of hydrogen-bond donors (Lipinski definition) is 1. The van der Waals surface area contributed by atoms with Gasteiger partial charge in [-0.3, -0.25) is 0 Å². The first-order valence-electron chi connectivity index (χ1n) is 5.75. The average Bonchev–Trinajstić information content (AvgIpc) is 2.78. The lowest BCUT2D eigenvalue weighted by Crippen LogP contribution is -2.27. The molecule has 3 rings (SSSR count). The third-order valence-corrected chi connectivity index (χ3v) is 3.28. The fourth-order valence-electron chi connectivity index (χ4n) is 2.49. The van der Waals surface area contributed by atoms with E-state index in [2.05, 4.69) is 5.32 Å². The molecule has 0 radical (unpaired) electrons. The molecule has 0 aliphatic carbocycles. The van der Waals surface area contributed by atoms with E-state index in [1.807, 2.05) is 6.07 Å². The maximum atomic E-state index is 13.9. The molecule has 0 spiro atoms. The van der Waals surface area contributed by atoms with Crippen LogP contribution in [0.25, 0.3) is 11.0 Å². The number of halogens is 1. The molecular weight excluding hydrogens is 205 g/mol. The summed E-state index contributed by atoms with van der Waals surface area (Å²) in [6.45, 7) is 0.971. The molecule has 2 nitrogen and oxygen atoms in total. The van der Waals surface area contributed by atoms with Gasteiger partial charge in [-0.15, -0.1) is 0 Å². The van der Waals surface area contributed by atoms with Crippen LogP contribution in [-0.2, 0) is 0 Å². The molecule has 1 aromatic carbocycles. The van der Waals surface area contributed by atoms with Crippen LogP contribution >= 0.6 is 0 Å². The fourth-order valence-corrected chi connectivity index (χ4v) is 2.49. The van der Waals surface area contributed by atoms with Crippen molar-refractivity contribution in [1.82, 2.24) is 5.32 Å². The topological polar surface area (TPSA) is 25.2 Å². The van der Waals surface area contributed by atoms with Crippen LogP contribution in [0.15, 0.2) is 28.9 Å². The zero-order valence-corrected chi connectivity index (χ0v) is 9.00. The van der Waals surface area contributed by atoms with Gasteiger partial charge in [-0.25, -0.2) is 4.39 Å². The van der Waals surface area contributed by atoms with E-state index in [4.69, 9.17) is 4.42 Å². The van der Waals surface area contributed by atoms with Crippen molar-refractivity contribution in [2.45, 2.75) is 25.3 Å². The molecule has 0 bridgehead atoms. The molecule has 0 saturated carbocycles. The second-order valence-electron chi connectivity index (χ2n) is 4.30. The molecule has 2 aromatic rings. The number of fused-ring (bicyclic) bond motifs is 1. The molecule has 1 aromatic heterocycles. The second kappa shape index (κ2) is 3.91. The summed E-state index contributed by atoms with van der Waals surface area (Å²) >= 11 is 0. The van der Waals surface area contributed by atoms with Crippen molar-refractivity contribution in [3.05, 3.63) is 35.8 Å². The zero-order chi connectivity index (χ0) is 11.0. The van der Waals surface area contributed by atoms with Gasteiger partial charge in [0.05, 0.1) is 6.26 Å². The Morgan fingerprint density at radius 1 is 1.25 bits per heavy atom. The number of nitrogens with one attached hydrogen (secondary N) is 1. The predicted octanol–water partition coefficient (Wildman–Crippen LogP) is 3.39. The average molecular weight is 219 g/mol. The van der Waals surface area contributed by atoms with Crippen molar-refractivity contribution in [2.24, 2.45) is 0 Å². The highest BCUT2D eigenvalue weighted by Gasteiger charge is 2.21. The molecule has 3 heteroatoms. The van der Waals surface area contributed by atoms with Crippen LogP contribution in [0.5, 0.6) is 0 Å². The van der Waals surface area contributed by atoms with Gasteiger partial charge in [-0.1, -0.05) is 6.42 Å². The van der Waals surface area contributed by atoms with Crippen molar-refractivity contribution in [2.75, 3.05) is 6.54 Å². The highest BCUT2D eigenvalue weighted by Crippen LogP contribution is 2.32. The number of benzene rings is 1. The van der Waals surface area contributed by atoms with Gasteiger partial charge in [-0.05, 0) is 37.6 Å². The predicted molar refractivity (Wildman–Crippen MR) is 60.8 cm³/mol. The summed E-state index contributed by atoms with van der Waals surface area (Å²) in [4.78, 5) is 0. The molecule has 0 amide bonds. The minimum atomic E-state index is -0.131. The summed E-state index contributed by atoms with van der Waals surface area (Å²) in [7, 11) is 0. The Kier molecular flexibility index (Phi) is 2.40. The standard InChI is InChI=1S/C13H14FNO/c14-10-4-5-12-9(6-8-16-12)13(10)11-3-1-2-7-15-11/h4-6,8,11,15H,1-3,7H2. The molecule has 1 N–H and O–H groups in total. The highest BCUT2D eigenvalue weighted by atomic mass is 19.1. The number of rotatable bonds is 1. The van der Waals surface area contributed by atoms with Gasteiger partial charge >= 0.3 is 0 Å². The first-order chi connectivity index (χ1) is 7.86. The Morgan fingerprint density at radius 2 is 2.19 bits per heavy atom. The Balaban J connectivity index is 2.12. The maximum Gasteiger partial charge on any atom is 0.134 e. The Bertz CT molecular complexity index is 500. The van der Waals surface area contributed by atoms with Gasteiger partial charge in [0, 0.05) is 17.0 Å². The molecule has 1 unspecified atom stereocenters. The SMILES string of the molecule is Fc1ccc2occc2c1C1CCCCN1. The smallest absolute Gasteiger partial charge is 0.134 e. The van der Waals surface area contributed by atoms with Gasteiger partial charge in [0.25, 0.3) is 0 Å². The van der Waals surface area contributed by atoms with Crippen LogP contribution in [0.4, 0.5) is 4.39 Å². The molecule has 84 valence electrons. The van der Waals surface area contributed by atoms with Gasteiger partial charge in [0.1, 0.15) is 11.4 Å². The summed E-state index contributed by atoms with van der Waals surface area (Å²) in [5, 5.41) is 4.28. The van der Waals surface area contributed by atoms with Crippen molar-refractivity contribution < 1.29 is 8.81 Å². The van der Waals surface area contributed by atoms with Crippen molar-refractivity contribution in [3.63, 3.8) is 0 Å². The summed E-state index contributed by atoms with van der Waals surface area (Å²) in [5.41, 5.74) is 1.54. The van der Waals surface area contributed by atoms with Gasteiger partial charge < -0.3 is 9.73 Å². The fraction of sp³-hybridized carbons (Fsp3) is 0.385. The summed E-state index contributed by atoms with van der Waals surface area (Å²) in [5.74, 6) is -0.131. The van der Waals surface area contributed by atoms with E-state index >= 15 is 0 Å². The molecule has 2 heterocycles. The molecule has 1 aliphatic heterocycles. The maximum absolute atomic E-state index is 13.9. The number of hydrogen-bond acceptors (Lipinski definition) is 2. The Labute approximate surface area is 93.4 Å². The lowest BCUT2D eigenvalue weighted by atomic mass is 9.94.